The monoisotopic (exact) mass is 300 g/mol. The predicted octanol–water partition coefficient (Wildman–Crippen LogP) is 1.29. The van der Waals surface area contributed by atoms with Gasteiger partial charge in [0, 0.05) is 7.11 Å². The molecule has 8 heteroatoms. The van der Waals surface area contributed by atoms with E-state index in [1.165, 1.54) is 18.4 Å². The zero-order chi connectivity index (χ0) is 10.6. The van der Waals surface area contributed by atoms with Crippen LogP contribution in [0.2, 0.25) is 0 Å². The summed E-state index contributed by atoms with van der Waals surface area (Å²) in [4.78, 5) is 3.85. The van der Waals surface area contributed by atoms with Gasteiger partial charge in [-0.15, -0.1) is 0 Å². The van der Waals surface area contributed by atoms with Gasteiger partial charge in [-0.1, -0.05) is 11.3 Å². The quantitative estimate of drug-likeness (QED) is 0.890. The first-order chi connectivity index (χ1) is 6.53. The van der Waals surface area contributed by atoms with Gasteiger partial charge in [-0.05, 0) is 15.9 Å². The maximum atomic E-state index is 11.3. The lowest BCUT2D eigenvalue weighted by atomic mass is 10.9. The van der Waals surface area contributed by atoms with Gasteiger partial charge < -0.3 is 4.74 Å². The van der Waals surface area contributed by atoms with E-state index in [0.717, 1.165) is 3.79 Å². The van der Waals surface area contributed by atoms with E-state index >= 15 is 0 Å². The second-order valence-corrected chi connectivity index (χ2v) is 6.64. The lowest BCUT2D eigenvalue weighted by Crippen LogP contribution is -2.19. The van der Waals surface area contributed by atoms with Crippen LogP contribution in [-0.2, 0) is 14.8 Å². The van der Waals surface area contributed by atoms with Crippen LogP contribution in [0.15, 0.2) is 9.98 Å². The minimum atomic E-state index is -3.33. The Hall–Kier alpha value is -0.180. The number of ether oxygens (including phenoxy) is 1. The molecule has 0 unspecified atom stereocenters. The number of thiazole rings is 1. The number of anilines is 1. The van der Waals surface area contributed by atoms with Crippen molar-refractivity contribution in [3.63, 3.8) is 0 Å². The van der Waals surface area contributed by atoms with Gasteiger partial charge in [-0.3, -0.25) is 4.72 Å². The van der Waals surface area contributed by atoms with Crippen LogP contribution in [0.25, 0.3) is 0 Å². The zero-order valence-corrected chi connectivity index (χ0v) is 10.6. The van der Waals surface area contributed by atoms with Gasteiger partial charge in [0.2, 0.25) is 10.0 Å². The standard InChI is InChI=1S/C6H9BrN2O3S2/c1-12-2-3-14(10,11)9-6-8-4-5(7)13-6/h4H,2-3H2,1H3,(H,8,9). The molecule has 0 aliphatic heterocycles. The molecule has 0 aliphatic carbocycles. The number of nitrogens with zero attached hydrogens (tertiary/aromatic N) is 1. The van der Waals surface area contributed by atoms with Crippen LogP contribution >= 0.6 is 27.3 Å². The fourth-order valence-corrected chi connectivity index (χ4v) is 2.99. The molecule has 1 rings (SSSR count). The van der Waals surface area contributed by atoms with Crippen molar-refractivity contribution < 1.29 is 13.2 Å². The maximum absolute atomic E-state index is 11.3. The van der Waals surface area contributed by atoms with Crippen LogP contribution < -0.4 is 4.72 Å². The van der Waals surface area contributed by atoms with E-state index in [2.05, 4.69) is 30.4 Å². The molecule has 0 radical (unpaired) electrons. The van der Waals surface area contributed by atoms with Gasteiger partial charge >= 0.3 is 0 Å². The first kappa shape index (κ1) is 11.9. The summed E-state index contributed by atoms with van der Waals surface area (Å²) in [6, 6.07) is 0. The van der Waals surface area contributed by atoms with Crippen LogP contribution in [0.5, 0.6) is 0 Å². The smallest absolute Gasteiger partial charge is 0.236 e. The molecule has 0 aromatic carbocycles. The van der Waals surface area contributed by atoms with Gasteiger partial charge in [0.25, 0.3) is 0 Å². The number of hydrogen-bond acceptors (Lipinski definition) is 5. The predicted molar refractivity (Wildman–Crippen MR) is 59.1 cm³/mol. The molecule has 1 aromatic heterocycles. The van der Waals surface area contributed by atoms with E-state index in [-0.39, 0.29) is 12.4 Å². The Bertz CT molecular complexity index is 390. The Morgan fingerprint density at radius 2 is 2.43 bits per heavy atom. The van der Waals surface area contributed by atoms with Gasteiger partial charge in [0.05, 0.1) is 22.3 Å². The third-order valence-corrected chi connectivity index (χ3v) is 4.01. The molecule has 0 saturated carbocycles. The SMILES string of the molecule is COCCS(=O)(=O)Nc1ncc(Br)s1. The van der Waals surface area contributed by atoms with E-state index in [1.54, 1.807) is 6.20 Å². The van der Waals surface area contributed by atoms with E-state index in [1.807, 2.05) is 0 Å². The molecule has 1 N–H and O–H groups in total. The zero-order valence-electron chi connectivity index (χ0n) is 7.36. The summed E-state index contributed by atoms with van der Waals surface area (Å²) in [5, 5.41) is 0.355. The van der Waals surface area contributed by atoms with Crippen LogP contribution in [0.4, 0.5) is 5.13 Å². The van der Waals surface area contributed by atoms with Crippen molar-refractivity contribution in [2.24, 2.45) is 0 Å². The molecule has 0 fully saturated rings. The normalized spacial score (nSPS) is 11.6. The highest BCUT2D eigenvalue weighted by molar-refractivity contribution is 9.11. The molecule has 5 nitrogen and oxygen atoms in total. The topological polar surface area (TPSA) is 68.3 Å². The second kappa shape index (κ2) is 5.06. The van der Waals surface area contributed by atoms with Crippen molar-refractivity contribution in [3.8, 4) is 0 Å². The van der Waals surface area contributed by atoms with Crippen molar-refractivity contribution in [3.05, 3.63) is 9.98 Å². The van der Waals surface area contributed by atoms with Crippen LogP contribution in [0, 0.1) is 0 Å². The molecule has 80 valence electrons. The van der Waals surface area contributed by atoms with Gasteiger partial charge in [-0.2, -0.15) is 0 Å². The highest BCUT2D eigenvalue weighted by Gasteiger charge is 2.11. The first-order valence-corrected chi connectivity index (χ1v) is 6.90. The van der Waals surface area contributed by atoms with E-state index in [4.69, 9.17) is 0 Å². The summed E-state index contributed by atoms with van der Waals surface area (Å²) in [6.07, 6.45) is 1.54. The number of hydrogen-bond donors (Lipinski definition) is 1. The van der Waals surface area contributed by atoms with Gasteiger partial charge in [0.15, 0.2) is 5.13 Å². The second-order valence-electron chi connectivity index (χ2n) is 2.38. The summed E-state index contributed by atoms with van der Waals surface area (Å²) in [7, 11) is -1.88. The van der Waals surface area contributed by atoms with Gasteiger partial charge in [-0.25, -0.2) is 13.4 Å². The average molecular weight is 301 g/mol. The number of methoxy groups -OCH3 is 1. The van der Waals surface area contributed by atoms with E-state index in [0.29, 0.717) is 5.13 Å². The molecular weight excluding hydrogens is 292 g/mol. The van der Waals surface area contributed by atoms with Crippen molar-refractivity contribution in [1.82, 2.24) is 4.98 Å². The molecule has 14 heavy (non-hydrogen) atoms. The third kappa shape index (κ3) is 3.91. The molecule has 0 spiro atoms. The highest BCUT2D eigenvalue weighted by Crippen LogP contribution is 2.23. The summed E-state index contributed by atoms with van der Waals surface area (Å²) in [6.45, 7) is 0.169. The molecule has 0 bridgehead atoms. The lowest BCUT2D eigenvalue weighted by Gasteiger charge is -2.03. The van der Waals surface area contributed by atoms with Crippen molar-refractivity contribution in [2.75, 3.05) is 24.2 Å². The van der Waals surface area contributed by atoms with E-state index in [9.17, 15) is 8.42 Å². The number of sulfonamides is 1. The minimum absolute atomic E-state index is 0.0688. The Morgan fingerprint density at radius 3 is 2.93 bits per heavy atom. The first-order valence-electron chi connectivity index (χ1n) is 3.64. The Balaban J connectivity index is 2.59. The van der Waals surface area contributed by atoms with E-state index < -0.39 is 10.0 Å². The van der Waals surface area contributed by atoms with Crippen molar-refractivity contribution >= 4 is 42.4 Å². The minimum Gasteiger partial charge on any atom is -0.384 e. The van der Waals surface area contributed by atoms with Crippen LogP contribution in [0.1, 0.15) is 0 Å². The summed E-state index contributed by atoms with van der Waals surface area (Å²) in [5.41, 5.74) is 0. The lowest BCUT2D eigenvalue weighted by molar-refractivity contribution is 0.217. The molecule has 0 atom stereocenters. The summed E-state index contributed by atoms with van der Waals surface area (Å²) < 4.78 is 30.5. The number of nitrogens with one attached hydrogen (secondary N) is 1. The molecule has 0 saturated heterocycles. The fourth-order valence-electron chi connectivity index (χ4n) is 0.679. The third-order valence-electron chi connectivity index (χ3n) is 1.28. The molecule has 1 aromatic rings. The largest absolute Gasteiger partial charge is 0.384 e. The number of halogens is 1. The van der Waals surface area contributed by atoms with Crippen LogP contribution in [-0.4, -0.2) is 32.9 Å². The van der Waals surface area contributed by atoms with Crippen LogP contribution in [0.3, 0.4) is 0 Å². The molecule has 1 heterocycles. The average Bonchev–Trinajstić information content (AvgIpc) is 2.47. The summed E-state index contributed by atoms with van der Waals surface area (Å²) in [5.74, 6) is -0.0688. The van der Waals surface area contributed by atoms with Crippen molar-refractivity contribution in [2.45, 2.75) is 0 Å². The highest BCUT2D eigenvalue weighted by atomic mass is 79.9. The van der Waals surface area contributed by atoms with Gasteiger partial charge in [0.1, 0.15) is 0 Å². The Kier molecular flexibility index (Phi) is 4.30. The number of rotatable bonds is 5. The fraction of sp³-hybridized carbons (Fsp3) is 0.500. The Morgan fingerprint density at radius 1 is 1.71 bits per heavy atom. The molecule has 0 amide bonds. The Labute approximate surface area is 94.7 Å². The number of aromatic nitrogens is 1. The van der Waals surface area contributed by atoms with Crippen molar-refractivity contribution in [1.29, 1.82) is 0 Å². The molecule has 0 aliphatic rings. The maximum Gasteiger partial charge on any atom is 0.236 e. The summed E-state index contributed by atoms with van der Waals surface area (Å²) >= 11 is 4.41. The molecular formula is C6H9BrN2O3S2.